The third kappa shape index (κ3) is 4.13. The molecule has 0 aromatic carbocycles. The van der Waals surface area contributed by atoms with Gasteiger partial charge in [0.15, 0.2) is 0 Å². The van der Waals surface area contributed by atoms with Gasteiger partial charge in [-0.3, -0.25) is 4.98 Å². The second-order valence-corrected chi connectivity index (χ2v) is 7.61. The highest BCUT2D eigenvalue weighted by Gasteiger charge is 2.27. The van der Waals surface area contributed by atoms with Crippen LogP contribution in [0.3, 0.4) is 0 Å². The molecule has 0 unspecified atom stereocenters. The summed E-state index contributed by atoms with van der Waals surface area (Å²) >= 11 is 1.85. The number of nitrogens with zero attached hydrogens (tertiary/aromatic N) is 1. The largest absolute Gasteiger partial charge is 0.444 e. The van der Waals surface area contributed by atoms with Crippen LogP contribution in [0.15, 0.2) is 23.2 Å². The number of ether oxygens (including phenoxy) is 1. The summed E-state index contributed by atoms with van der Waals surface area (Å²) in [7, 11) is 0. The third-order valence-corrected chi connectivity index (χ3v) is 4.22. The molecule has 0 fully saturated rings. The average Bonchev–Trinajstić information content (AvgIpc) is 2.33. The normalized spacial score (nSPS) is 22.0. The molecule has 5 heteroatoms. The molecule has 1 aromatic heterocycles. The summed E-state index contributed by atoms with van der Waals surface area (Å²) in [5, 5.41) is 3.40. The molecule has 4 nitrogen and oxygen atoms in total. The highest BCUT2D eigenvalue weighted by atomic mass is 32.2. The molecular weight excluding hydrogens is 272 g/mol. The van der Waals surface area contributed by atoms with Crippen molar-refractivity contribution in [3.05, 3.63) is 24.0 Å². The van der Waals surface area contributed by atoms with Gasteiger partial charge in [-0.15, -0.1) is 11.8 Å². The Labute approximate surface area is 124 Å². The summed E-state index contributed by atoms with van der Waals surface area (Å²) in [6, 6.07) is 4.06. The van der Waals surface area contributed by atoms with Gasteiger partial charge in [0.1, 0.15) is 5.60 Å². The van der Waals surface area contributed by atoms with Gasteiger partial charge < -0.3 is 10.1 Å². The van der Waals surface area contributed by atoms with Crippen molar-refractivity contribution in [2.24, 2.45) is 0 Å². The Morgan fingerprint density at radius 2 is 2.30 bits per heavy atom. The zero-order valence-corrected chi connectivity index (χ0v) is 13.3. The molecule has 20 heavy (non-hydrogen) atoms. The van der Waals surface area contributed by atoms with Crippen molar-refractivity contribution in [2.45, 2.75) is 55.8 Å². The van der Waals surface area contributed by atoms with Gasteiger partial charge in [0.05, 0.1) is 5.69 Å². The van der Waals surface area contributed by atoms with Crippen molar-refractivity contribution in [2.75, 3.05) is 6.54 Å². The first-order chi connectivity index (χ1) is 9.35. The van der Waals surface area contributed by atoms with Crippen molar-refractivity contribution in [1.29, 1.82) is 0 Å². The molecule has 0 spiro atoms. The minimum atomic E-state index is -0.462. The van der Waals surface area contributed by atoms with Crippen LogP contribution in [0.25, 0.3) is 0 Å². The van der Waals surface area contributed by atoms with Crippen molar-refractivity contribution in [3.63, 3.8) is 0 Å². The van der Waals surface area contributed by atoms with Crippen LogP contribution in [0, 0.1) is 0 Å². The van der Waals surface area contributed by atoms with Crippen LogP contribution in [0.1, 0.15) is 45.7 Å². The van der Waals surface area contributed by atoms with E-state index in [0.29, 0.717) is 11.8 Å². The molecule has 2 atom stereocenters. The van der Waals surface area contributed by atoms with Gasteiger partial charge in [-0.1, -0.05) is 6.92 Å². The smallest absolute Gasteiger partial charge is 0.407 e. The Hall–Kier alpha value is -1.23. The van der Waals surface area contributed by atoms with Gasteiger partial charge in [0, 0.05) is 28.8 Å². The van der Waals surface area contributed by atoms with Crippen LogP contribution < -0.4 is 5.32 Å². The molecule has 0 radical (unpaired) electrons. The molecule has 0 bridgehead atoms. The van der Waals surface area contributed by atoms with Crippen molar-refractivity contribution in [1.82, 2.24) is 10.3 Å². The minimum absolute atomic E-state index is 0.259. The Bertz CT molecular complexity index is 485. The fourth-order valence-electron chi connectivity index (χ4n) is 2.29. The number of fused-ring (bicyclic) bond motifs is 1. The van der Waals surface area contributed by atoms with Crippen LogP contribution >= 0.6 is 11.8 Å². The lowest BCUT2D eigenvalue weighted by atomic mass is 9.98. The van der Waals surface area contributed by atoms with E-state index in [4.69, 9.17) is 4.74 Å². The lowest BCUT2D eigenvalue weighted by Gasteiger charge is -2.28. The summed E-state index contributed by atoms with van der Waals surface area (Å²) in [6.45, 7) is 8.37. The molecule has 1 aromatic rings. The molecule has 1 aliphatic rings. The van der Waals surface area contributed by atoms with E-state index in [2.05, 4.69) is 23.3 Å². The van der Waals surface area contributed by atoms with E-state index in [1.807, 2.05) is 44.8 Å². The zero-order valence-electron chi connectivity index (χ0n) is 12.5. The van der Waals surface area contributed by atoms with E-state index in [0.717, 1.165) is 12.1 Å². The number of hydrogen-bond donors (Lipinski definition) is 1. The second-order valence-electron chi connectivity index (χ2n) is 6.13. The standard InChI is InChI=1S/C15H22N2O2S/c1-10-8-11(9-17-14(18)19-15(2,3)4)13-12(20-10)6-5-7-16-13/h5-7,10-11H,8-9H2,1-4H3,(H,17,18)/t10-,11-/m0/s1. The van der Waals surface area contributed by atoms with E-state index < -0.39 is 5.60 Å². The topological polar surface area (TPSA) is 51.2 Å². The maximum Gasteiger partial charge on any atom is 0.407 e. The summed E-state index contributed by atoms with van der Waals surface area (Å²) in [6.07, 6.45) is 2.47. The number of pyridine rings is 1. The van der Waals surface area contributed by atoms with Crippen molar-refractivity contribution in [3.8, 4) is 0 Å². The Morgan fingerprint density at radius 3 is 3.00 bits per heavy atom. The number of rotatable bonds is 2. The van der Waals surface area contributed by atoms with Crippen LogP contribution in [-0.2, 0) is 4.74 Å². The first kappa shape index (κ1) is 15.2. The quantitative estimate of drug-likeness (QED) is 0.906. The molecule has 1 amide bonds. The molecule has 110 valence electrons. The number of alkyl carbamates (subject to hydrolysis) is 1. The molecule has 2 heterocycles. The molecular formula is C15H22N2O2S. The van der Waals surface area contributed by atoms with Crippen LogP contribution in [0.5, 0.6) is 0 Å². The maximum atomic E-state index is 11.7. The number of hydrogen-bond acceptors (Lipinski definition) is 4. The van der Waals surface area contributed by atoms with E-state index >= 15 is 0 Å². The molecule has 2 rings (SSSR count). The lowest BCUT2D eigenvalue weighted by molar-refractivity contribution is 0.0523. The Balaban J connectivity index is 1.98. The number of carbonyl (C=O) groups is 1. The minimum Gasteiger partial charge on any atom is -0.444 e. The number of thioether (sulfide) groups is 1. The molecule has 0 aliphatic carbocycles. The van der Waals surface area contributed by atoms with E-state index in [-0.39, 0.29) is 12.0 Å². The third-order valence-electron chi connectivity index (χ3n) is 3.02. The van der Waals surface area contributed by atoms with Gasteiger partial charge in [-0.25, -0.2) is 4.79 Å². The summed E-state index contributed by atoms with van der Waals surface area (Å²) in [4.78, 5) is 17.4. The van der Waals surface area contributed by atoms with Gasteiger partial charge in [-0.2, -0.15) is 0 Å². The number of amides is 1. The molecule has 1 N–H and O–H groups in total. The lowest BCUT2D eigenvalue weighted by Crippen LogP contribution is -2.36. The maximum absolute atomic E-state index is 11.7. The molecule has 0 saturated carbocycles. The molecule has 0 saturated heterocycles. The zero-order chi connectivity index (χ0) is 14.8. The van der Waals surface area contributed by atoms with E-state index in [9.17, 15) is 4.79 Å². The fourth-order valence-corrected chi connectivity index (χ4v) is 3.55. The second kappa shape index (κ2) is 6.04. The Morgan fingerprint density at radius 1 is 1.55 bits per heavy atom. The first-order valence-electron chi connectivity index (χ1n) is 6.93. The number of nitrogens with one attached hydrogen (secondary N) is 1. The average molecular weight is 294 g/mol. The van der Waals surface area contributed by atoms with E-state index in [1.54, 1.807) is 0 Å². The van der Waals surface area contributed by atoms with Crippen LogP contribution in [-0.4, -0.2) is 28.5 Å². The summed E-state index contributed by atoms with van der Waals surface area (Å²) in [5.41, 5.74) is 0.627. The summed E-state index contributed by atoms with van der Waals surface area (Å²) < 4.78 is 5.27. The highest BCUT2D eigenvalue weighted by Crippen LogP contribution is 2.40. The summed E-state index contributed by atoms with van der Waals surface area (Å²) in [5.74, 6) is 0.259. The van der Waals surface area contributed by atoms with Crippen LogP contribution in [0.2, 0.25) is 0 Å². The highest BCUT2D eigenvalue weighted by molar-refractivity contribution is 8.00. The van der Waals surface area contributed by atoms with Gasteiger partial charge in [0.25, 0.3) is 0 Å². The van der Waals surface area contributed by atoms with Crippen molar-refractivity contribution < 1.29 is 9.53 Å². The van der Waals surface area contributed by atoms with Crippen LogP contribution in [0.4, 0.5) is 4.79 Å². The van der Waals surface area contributed by atoms with Gasteiger partial charge in [-0.05, 0) is 39.3 Å². The first-order valence-corrected chi connectivity index (χ1v) is 7.81. The number of carbonyl (C=O) groups excluding carboxylic acids is 1. The van der Waals surface area contributed by atoms with Gasteiger partial charge >= 0.3 is 6.09 Å². The van der Waals surface area contributed by atoms with E-state index in [1.165, 1.54) is 4.90 Å². The van der Waals surface area contributed by atoms with Gasteiger partial charge in [0.2, 0.25) is 0 Å². The Kier molecular flexibility index (Phi) is 4.58. The predicted octanol–water partition coefficient (Wildman–Crippen LogP) is 3.57. The fraction of sp³-hybridized carbons (Fsp3) is 0.600. The predicted molar refractivity (Wildman–Crippen MR) is 81.2 cm³/mol. The SMILES string of the molecule is C[C@H]1C[C@@H](CNC(=O)OC(C)(C)C)c2ncccc2S1. The monoisotopic (exact) mass is 294 g/mol. The molecule has 1 aliphatic heterocycles. The van der Waals surface area contributed by atoms with Crippen molar-refractivity contribution >= 4 is 17.9 Å². The number of aromatic nitrogens is 1.